The molecule has 0 atom stereocenters. The largest absolute Gasteiger partial charge is 0.353 e. The van der Waals surface area contributed by atoms with Crippen LogP contribution in [0.4, 0.5) is 5.69 Å². The highest BCUT2D eigenvalue weighted by atomic mass is 35.5. The van der Waals surface area contributed by atoms with Crippen molar-refractivity contribution in [3.05, 3.63) is 59.3 Å². The Bertz CT molecular complexity index is 1190. The molecule has 0 radical (unpaired) electrons. The Hall–Kier alpha value is -3.14. The predicted molar refractivity (Wildman–Crippen MR) is 145 cm³/mol. The van der Waals surface area contributed by atoms with Gasteiger partial charge in [-0.3, -0.25) is 19.3 Å². The molecule has 0 bridgehead atoms. The molecule has 0 saturated heterocycles. The number of aryl methyl sites for hydroxylation is 2. The lowest BCUT2D eigenvalue weighted by atomic mass is 10.1. The van der Waals surface area contributed by atoms with Crippen molar-refractivity contribution in [2.45, 2.75) is 26.9 Å². The summed E-state index contributed by atoms with van der Waals surface area (Å²) in [6, 6.07) is 12.3. The van der Waals surface area contributed by atoms with Gasteiger partial charge in [-0.05, 0) is 42.3 Å². The van der Waals surface area contributed by atoms with Crippen LogP contribution in [0.2, 0.25) is 0 Å². The molecule has 0 fully saturated rings. The molecule has 4 rings (SSSR count). The van der Waals surface area contributed by atoms with Crippen LogP contribution in [0.1, 0.15) is 23.6 Å². The Morgan fingerprint density at radius 1 is 1.08 bits per heavy atom. The van der Waals surface area contributed by atoms with Gasteiger partial charge in [0.1, 0.15) is 0 Å². The topological polar surface area (TPSA) is 85.7 Å². The van der Waals surface area contributed by atoms with E-state index in [0.717, 1.165) is 28.7 Å². The number of anilines is 1. The van der Waals surface area contributed by atoms with Gasteiger partial charge in [0.05, 0.1) is 18.6 Å². The molecule has 1 aliphatic heterocycles. The first-order valence-corrected chi connectivity index (χ1v) is 12.1. The summed E-state index contributed by atoms with van der Waals surface area (Å²) in [5.74, 6) is -0.179. The van der Waals surface area contributed by atoms with Gasteiger partial charge in [-0.15, -0.1) is 12.4 Å². The van der Waals surface area contributed by atoms with Crippen molar-refractivity contribution in [1.29, 1.82) is 0 Å². The minimum Gasteiger partial charge on any atom is -0.353 e. The lowest BCUT2D eigenvalue weighted by molar-refractivity contribution is -0.145. The molecule has 9 nitrogen and oxygen atoms in total. The number of nitrogens with zero attached hydrogens (tertiary/aromatic N) is 5. The number of hydrogen-bond acceptors (Lipinski definition) is 6. The number of halogens is 1. The summed E-state index contributed by atoms with van der Waals surface area (Å²) in [5, 5.41) is 15.3. The number of aromatic nitrogens is 2. The molecule has 1 aliphatic rings. The Balaban J connectivity index is 0.00000361. The Morgan fingerprint density at radius 3 is 2.44 bits per heavy atom. The smallest absolute Gasteiger partial charge is 0.256 e. The van der Waals surface area contributed by atoms with Crippen LogP contribution in [-0.2, 0) is 29.7 Å². The lowest BCUT2D eigenvalue weighted by Crippen LogP contribution is -2.48. The average molecular weight is 514 g/mol. The molecule has 3 aromatic rings. The fourth-order valence-corrected chi connectivity index (χ4v) is 4.50. The number of carbonyl (C=O) groups is 2. The second kappa shape index (κ2) is 12.2. The fraction of sp³-hybridized carbons (Fsp3) is 0.423. The molecule has 0 unspecified atom stereocenters. The van der Waals surface area contributed by atoms with E-state index < -0.39 is 0 Å². The SMILES string of the molecule is CCNCCNC(=O)CN(CC(=O)N(C)N1Cc2ccccc2C1)c1cc2cn(C)nc2cc1C.Cl. The zero-order valence-corrected chi connectivity index (χ0v) is 22.3. The van der Waals surface area contributed by atoms with Gasteiger partial charge in [0.25, 0.3) is 5.91 Å². The molecule has 10 heteroatoms. The summed E-state index contributed by atoms with van der Waals surface area (Å²) in [4.78, 5) is 28.1. The number of fused-ring (bicyclic) bond motifs is 2. The molecule has 2 aromatic carbocycles. The summed E-state index contributed by atoms with van der Waals surface area (Å²) >= 11 is 0. The minimum atomic E-state index is -0.113. The normalized spacial score (nSPS) is 12.8. The zero-order valence-electron chi connectivity index (χ0n) is 21.5. The zero-order chi connectivity index (χ0) is 24.9. The van der Waals surface area contributed by atoms with Crippen molar-refractivity contribution in [2.75, 3.05) is 44.7 Å². The van der Waals surface area contributed by atoms with E-state index >= 15 is 0 Å². The van der Waals surface area contributed by atoms with E-state index in [1.807, 2.05) is 61.3 Å². The van der Waals surface area contributed by atoms with Gasteiger partial charge in [-0.1, -0.05) is 31.2 Å². The van der Waals surface area contributed by atoms with Crippen LogP contribution in [0.15, 0.2) is 42.6 Å². The first kappa shape index (κ1) is 27.4. The highest BCUT2D eigenvalue weighted by Crippen LogP contribution is 2.27. The summed E-state index contributed by atoms with van der Waals surface area (Å²) in [6.45, 7) is 7.71. The molecule has 2 N–H and O–H groups in total. The van der Waals surface area contributed by atoms with E-state index in [4.69, 9.17) is 0 Å². The number of benzene rings is 2. The highest BCUT2D eigenvalue weighted by Gasteiger charge is 2.27. The van der Waals surface area contributed by atoms with E-state index in [1.165, 1.54) is 11.1 Å². The van der Waals surface area contributed by atoms with E-state index in [-0.39, 0.29) is 37.3 Å². The molecule has 194 valence electrons. The van der Waals surface area contributed by atoms with Crippen LogP contribution in [-0.4, -0.2) is 71.4 Å². The molecule has 0 spiro atoms. The van der Waals surface area contributed by atoms with Crippen molar-refractivity contribution < 1.29 is 9.59 Å². The van der Waals surface area contributed by atoms with Crippen molar-refractivity contribution in [3.63, 3.8) is 0 Å². The van der Waals surface area contributed by atoms with E-state index in [2.05, 4.69) is 27.9 Å². The summed E-state index contributed by atoms with van der Waals surface area (Å²) in [7, 11) is 3.69. The number of hydrogen-bond donors (Lipinski definition) is 2. The quantitative estimate of drug-likeness (QED) is 0.404. The van der Waals surface area contributed by atoms with E-state index in [0.29, 0.717) is 26.2 Å². The second-order valence-corrected chi connectivity index (χ2v) is 9.07. The molecule has 2 amide bonds. The van der Waals surface area contributed by atoms with Crippen LogP contribution >= 0.6 is 12.4 Å². The second-order valence-electron chi connectivity index (χ2n) is 9.07. The predicted octanol–water partition coefficient (Wildman–Crippen LogP) is 2.22. The van der Waals surface area contributed by atoms with Gasteiger partial charge in [-0.25, -0.2) is 5.01 Å². The summed E-state index contributed by atoms with van der Waals surface area (Å²) in [6.07, 6.45) is 1.95. The van der Waals surface area contributed by atoms with Crippen LogP contribution in [0.5, 0.6) is 0 Å². The third-order valence-corrected chi connectivity index (χ3v) is 6.42. The van der Waals surface area contributed by atoms with Gasteiger partial charge < -0.3 is 15.5 Å². The van der Waals surface area contributed by atoms with E-state index in [1.54, 1.807) is 16.7 Å². The molecule has 0 saturated carbocycles. The third kappa shape index (κ3) is 6.34. The Morgan fingerprint density at radius 2 is 1.78 bits per heavy atom. The van der Waals surface area contributed by atoms with Crippen molar-refractivity contribution in [3.8, 4) is 0 Å². The fourth-order valence-electron chi connectivity index (χ4n) is 4.50. The molecule has 36 heavy (non-hydrogen) atoms. The maximum absolute atomic E-state index is 13.4. The average Bonchev–Trinajstić information content (AvgIpc) is 3.42. The first-order chi connectivity index (χ1) is 16.9. The number of rotatable bonds is 10. The number of nitrogens with one attached hydrogen (secondary N) is 2. The van der Waals surface area contributed by atoms with Crippen LogP contribution in [0.3, 0.4) is 0 Å². The number of likely N-dealkylation sites (N-methyl/N-ethyl adjacent to an activating group) is 2. The molecule has 1 aromatic heterocycles. The number of amides is 2. The van der Waals surface area contributed by atoms with Crippen molar-refractivity contribution in [1.82, 2.24) is 30.4 Å². The lowest BCUT2D eigenvalue weighted by Gasteiger charge is -2.32. The van der Waals surface area contributed by atoms with Gasteiger partial charge in [0.15, 0.2) is 0 Å². The molecular weight excluding hydrogens is 478 g/mol. The number of carbonyl (C=O) groups excluding carboxylic acids is 2. The molecular formula is C26H36ClN7O2. The third-order valence-electron chi connectivity index (χ3n) is 6.42. The van der Waals surface area contributed by atoms with Crippen LogP contribution in [0.25, 0.3) is 10.9 Å². The maximum Gasteiger partial charge on any atom is 0.256 e. The summed E-state index contributed by atoms with van der Waals surface area (Å²) < 4.78 is 1.77. The molecule has 0 aliphatic carbocycles. The Kier molecular flexibility index (Phi) is 9.31. The Labute approximate surface area is 218 Å². The standard InChI is InChI=1S/C26H35N7O2.ClH/c1-5-27-10-11-28-25(34)17-32(24-13-22-14-30(3)29-23(22)12-19(24)2)18-26(35)31(4)33-15-20-8-6-7-9-21(20)16-33;/h6-9,12-14,27H,5,10-11,15-18H2,1-4H3,(H,28,34);1H. The maximum atomic E-state index is 13.4. The monoisotopic (exact) mass is 513 g/mol. The van der Waals surface area contributed by atoms with Crippen LogP contribution < -0.4 is 15.5 Å². The van der Waals surface area contributed by atoms with E-state index in [9.17, 15) is 9.59 Å². The number of hydrazine groups is 1. The van der Waals surface area contributed by atoms with Crippen LogP contribution in [0, 0.1) is 6.92 Å². The minimum absolute atomic E-state index is 0. The van der Waals surface area contributed by atoms with Gasteiger partial charge in [-0.2, -0.15) is 5.10 Å². The van der Waals surface area contributed by atoms with Gasteiger partial charge >= 0.3 is 0 Å². The highest BCUT2D eigenvalue weighted by molar-refractivity contribution is 5.90. The van der Waals surface area contributed by atoms with Crippen molar-refractivity contribution >= 4 is 40.8 Å². The summed E-state index contributed by atoms with van der Waals surface area (Å²) in [5.41, 5.74) is 5.20. The first-order valence-electron chi connectivity index (χ1n) is 12.1. The van der Waals surface area contributed by atoms with Gasteiger partial charge in [0.2, 0.25) is 5.91 Å². The molecule has 2 heterocycles. The van der Waals surface area contributed by atoms with Gasteiger partial charge in [0, 0.05) is 57.5 Å². The van der Waals surface area contributed by atoms with Crippen molar-refractivity contribution in [2.24, 2.45) is 7.05 Å².